The largest absolute Gasteiger partial charge is 0.347 e. The second kappa shape index (κ2) is 6.85. The van der Waals surface area contributed by atoms with Crippen molar-refractivity contribution in [1.29, 1.82) is 0 Å². The number of rotatable bonds is 5. The Morgan fingerprint density at radius 3 is 3.06 bits per heavy atom. The second-order valence-corrected chi connectivity index (χ2v) is 5.82. The molecule has 2 heterocycles. The zero-order valence-electron chi connectivity index (χ0n) is 10.8. The van der Waals surface area contributed by atoms with E-state index in [-0.39, 0.29) is 11.9 Å². The molecule has 2 N–H and O–H groups in total. The van der Waals surface area contributed by atoms with Gasteiger partial charge in [-0.2, -0.15) is 0 Å². The number of hydrogen-bond acceptors (Lipinski definition) is 4. The van der Waals surface area contributed by atoms with E-state index in [1.165, 1.54) is 12.8 Å². The molecule has 1 aromatic heterocycles. The molecule has 1 saturated heterocycles. The predicted molar refractivity (Wildman–Crippen MR) is 73.5 cm³/mol. The number of carbonyl (C=O) groups is 1. The maximum atomic E-state index is 11.8. The monoisotopic (exact) mass is 267 g/mol. The Balaban J connectivity index is 1.68. The fourth-order valence-electron chi connectivity index (χ4n) is 2.33. The van der Waals surface area contributed by atoms with E-state index in [1.807, 2.05) is 12.3 Å². The molecule has 0 bridgehead atoms. The predicted octanol–water partition coefficient (Wildman–Crippen LogP) is 2.10. The molecule has 2 rings (SSSR count). The van der Waals surface area contributed by atoms with Crippen LogP contribution in [0.2, 0.25) is 0 Å². The maximum absolute atomic E-state index is 11.8. The molecule has 4 nitrogen and oxygen atoms in total. The van der Waals surface area contributed by atoms with Crippen LogP contribution in [0.25, 0.3) is 0 Å². The standard InChI is InChI=1S/C13H21N3OS/c1-10(13-15-8-9-18-13)16-12(17)3-2-11-4-6-14-7-5-11/h8-11,14H,2-7H2,1H3,(H,16,17). The molecule has 1 amide bonds. The molecule has 18 heavy (non-hydrogen) atoms. The third-order valence-corrected chi connectivity index (χ3v) is 4.40. The van der Waals surface area contributed by atoms with Gasteiger partial charge in [0.2, 0.25) is 5.91 Å². The lowest BCUT2D eigenvalue weighted by molar-refractivity contribution is -0.122. The minimum absolute atomic E-state index is 0.0329. The third kappa shape index (κ3) is 4.07. The number of hydrogen-bond donors (Lipinski definition) is 2. The second-order valence-electron chi connectivity index (χ2n) is 4.89. The molecule has 0 aromatic carbocycles. The number of nitrogens with one attached hydrogen (secondary N) is 2. The van der Waals surface area contributed by atoms with E-state index in [4.69, 9.17) is 0 Å². The van der Waals surface area contributed by atoms with Crippen molar-refractivity contribution >= 4 is 17.2 Å². The minimum atomic E-state index is 0.0329. The van der Waals surface area contributed by atoms with Gasteiger partial charge in [0.1, 0.15) is 5.01 Å². The van der Waals surface area contributed by atoms with E-state index in [9.17, 15) is 4.79 Å². The molecule has 0 spiro atoms. The highest BCUT2D eigenvalue weighted by atomic mass is 32.1. The van der Waals surface area contributed by atoms with Crippen LogP contribution in [0.4, 0.5) is 0 Å². The number of piperidine rings is 1. The van der Waals surface area contributed by atoms with Crippen LogP contribution in [0.3, 0.4) is 0 Å². The Morgan fingerprint density at radius 1 is 1.61 bits per heavy atom. The molecule has 1 aromatic rings. The molecule has 1 aliphatic heterocycles. The van der Waals surface area contributed by atoms with Crippen molar-refractivity contribution in [3.63, 3.8) is 0 Å². The van der Waals surface area contributed by atoms with Gasteiger partial charge in [-0.1, -0.05) is 0 Å². The fourth-order valence-corrected chi connectivity index (χ4v) is 2.98. The van der Waals surface area contributed by atoms with Crippen LogP contribution >= 0.6 is 11.3 Å². The third-order valence-electron chi connectivity index (χ3n) is 3.44. The van der Waals surface area contributed by atoms with Crippen molar-refractivity contribution in [2.75, 3.05) is 13.1 Å². The molecule has 100 valence electrons. The first-order valence-electron chi connectivity index (χ1n) is 6.65. The molecule has 1 fully saturated rings. The van der Waals surface area contributed by atoms with Crippen molar-refractivity contribution in [3.05, 3.63) is 16.6 Å². The van der Waals surface area contributed by atoms with Gasteiger partial charge < -0.3 is 10.6 Å². The molecule has 0 aliphatic carbocycles. The molecular formula is C13H21N3OS. The average molecular weight is 267 g/mol. The summed E-state index contributed by atoms with van der Waals surface area (Å²) in [6.07, 6.45) is 5.83. The van der Waals surface area contributed by atoms with Gasteiger partial charge in [0.05, 0.1) is 6.04 Å². The van der Waals surface area contributed by atoms with E-state index in [2.05, 4.69) is 15.6 Å². The zero-order chi connectivity index (χ0) is 12.8. The van der Waals surface area contributed by atoms with Crippen molar-refractivity contribution in [2.45, 2.75) is 38.6 Å². The van der Waals surface area contributed by atoms with E-state index < -0.39 is 0 Å². The SMILES string of the molecule is CC(NC(=O)CCC1CCNCC1)c1nccs1. The first-order valence-corrected chi connectivity index (χ1v) is 7.53. The van der Waals surface area contributed by atoms with Crippen molar-refractivity contribution in [3.8, 4) is 0 Å². The molecule has 1 aliphatic rings. The molecular weight excluding hydrogens is 246 g/mol. The van der Waals surface area contributed by atoms with Crippen LogP contribution in [0.15, 0.2) is 11.6 Å². The van der Waals surface area contributed by atoms with Crippen LogP contribution < -0.4 is 10.6 Å². The van der Waals surface area contributed by atoms with Crippen LogP contribution in [-0.4, -0.2) is 24.0 Å². The quantitative estimate of drug-likeness (QED) is 0.859. The highest BCUT2D eigenvalue weighted by molar-refractivity contribution is 7.09. The summed E-state index contributed by atoms with van der Waals surface area (Å²) >= 11 is 1.59. The summed E-state index contributed by atoms with van der Waals surface area (Å²) in [6.45, 7) is 4.19. The summed E-state index contributed by atoms with van der Waals surface area (Å²) < 4.78 is 0. The van der Waals surface area contributed by atoms with Crippen LogP contribution in [0.5, 0.6) is 0 Å². The first-order chi connectivity index (χ1) is 8.75. The topological polar surface area (TPSA) is 54.0 Å². The van der Waals surface area contributed by atoms with Crippen molar-refractivity contribution < 1.29 is 4.79 Å². The smallest absolute Gasteiger partial charge is 0.220 e. The van der Waals surface area contributed by atoms with Crippen LogP contribution in [-0.2, 0) is 4.79 Å². The van der Waals surface area contributed by atoms with E-state index in [0.717, 1.165) is 24.5 Å². The Hall–Kier alpha value is -0.940. The van der Waals surface area contributed by atoms with Gasteiger partial charge >= 0.3 is 0 Å². The van der Waals surface area contributed by atoms with Gasteiger partial charge in [-0.15, -0.1) is 11.3 Å². The zero-order valence-corrected chi connectivity index (χ0v) is 11.6. The van der Waals surface area contributed by atoms with Gasteiger partial charge in [0, 0.05) is 18.0 Å². The van der Waals surface area contributed by atoms with Crippen molar-refractivity contribution in [2.24, 2.45) is 5.92 Å². The summed E-state index contributed by atoms with van der Waals surface area (Å²) in [5.41, 5.74) is 0. The molecule has 1 unspecified atom stereocenters. The van der Waals surface area contributed by atoms with Gasteiger partial charge in [0.15, 0.2) is 0 Å². The Bertz CT molecular complexity index is 360. The Kier molecular flexibility index (Phi) is 5.13. The molecule has 0 radical (unpaired) electrons. The molecule has 5 heteroatoms. The highest BCUT2D eigenvalue weighted by Crippen LogP contribution is 2.19. The summed E-state index contributed by atoms with van der Waals surface area (Å²) in [7, 11) is 0. The average Bonchev–Trinajstić information content (AvgIpc) is 2.91. The summed E-state index contributed by atoms with van der Waals surface area (Å²) in [4.78, 5) is 16.1. The number of carbonyl (C=O) groups excluding carboxylic acids is 1. The van der Waals surface area contributed by atoms with E-state index in [0.29, 0.717) is 12.3 Å². The molecule has 1 atom stereocenters. The van der Waals surface area contributed by atoms with Gasteiger partial charge in [-0.05, 0) is 45.2 Å². The van der Waals surface area contributed by atoms with Gasteiger partial charge in [-0.25, -0.2) is 4.98 Å². The summed E-state index contributed by atoms with van der Waals surface area (Å²) in [5.74, 6) is 0.864. The Labute approximate surface area is 112 Å². The summed E-state index contributed by atoms with van der Waals surface area (Å²) in [5, 5.41) is 9.28. The van der Waals surface area contributed by atoms with Crippen LogP contribution in [0.1, 0.15) is 43.7 Å². The number of amides is 1. The lowest BCUT2D eigenvalue weighted by Crippen LogP contribution is -2.30. The maximum Gasteiger partial charge on any atom is 0.220 e. The number of thiazole rings is 1. The lowest BCUT2D eigenvalue weighted by Gasteiger charge is -2.22. The van der Waals surface area contributed by atoms with Crippen LogP contribution in [0, 0.1) is 5.92 Å². The van der Waals surface area contributed by atoms with Gasteiger partial charge in [0.25, 0.3) is 0 Å². The first kappa shape index (κ1) is 13.5. The minimum Gasteiger partial charge on any atom is -0.347 e. The number of nitrogens with zero attached hydrogens (tertiary/aromatic N) is 1. The Morgan fingerprint density at radius 2 is 2.39 bits per heavy atom. The van der Waals surface area contributed by atoms with Gasteiger partial charge in [-0.3, -0.25) is 4.79 Å². The molecule has 0 saturated carbocycles. The summed E-state index contributed by atoms with van der Waals surface area (Å²) in [6, 6.07) is 0.0329. The normalized spacial score (nSPS) is 18.5. The van der Waals surface area contributed by atoms with E-state index in [1.54, 1.807) is 17.5 Å². The number of aromatic nitrogens is 1. The highest BCUT2D eigenvalue weighted by Gasteiger charge is 2.16. The van der Waals surface area contributed by atoms with E-state index >= 15 is 0 Å². The van der Waals surface area contributed by atoms with Crippen molar-refractivity contribution in [1.82, 2.24) is 15.6 Å². The lowest BCUT2D eigenvalue weighted by atomic mass is 9.93. The fraction of sp³-hybridized carbons (Fsp3) is 0.692.